The average molecular weight is 309 g/mol. The van der Waals surface area contributed by atoms with Crippen molar-refractivity contribution in [2.24, 2.45) is 0 Å². The van der Waals surface area contributed by atoms with E-state index in [0.29, 0.717) is 0 Å². The van der Waals surface area contributed by atoms with E-state index in [4.69, 9.17) is 0 Å². The van der Waals surface area contributed by atoms with Gasteiger partial charge >= 0.3 is 0 Å². The van der Waals surface area contributed by atoms with E-state index in [1.54, 1.807) is 0 Å². The van der Waals surface area contributed by atoms with Crippen LogP contribution in [0.4, 0.5) is 10.1 Å². The van der Waals surface area contributed by atoms with Gasteiger partial charge in [-0.15, -0.1) is 0 Å². The molecule has 0 spiro atoms. The number of benzene rings is 2. The monoisotopic (exact) mass is 309 g/mol. The number of nitro benzene ring substituents is 1. The van der Waals surface area contributed by atoms with Crippen LogP contribution in [0.5, 0.6) is 0 Å². The normalized spacial score (nSPS) is 11.3. The Bertz CT molecular complexity index is 802. The van der Waals surface area contributed by atoms with Gasteiger partial charge in [-0.2, -0.15) is 0 Å². The van der Waals surface area contributed by atoms with Gasteiger partial charge in [0.1, 0.15) is 10.7 Å². The molecule has 7 heteroatoms. The molecule has 2 aromatic carbocycles. The van der Waals surface area contributed by atoms with E-state index >= 15 is 0 Å². The number of sulfone groups is 1. The Balaban J connectivity index is 2.45. The molecule has 110 valence electrons. The minimum Gasteiger partial charge on any atom is -0.258 e. The third-order valence-electron chi connectivity index (χ3n) is 3.13. The first-order valence-corrected chi connectivity index (χ1v) is 7.68. The Hall–Kier alpha value is -2.28. The van der Waals surface area contributed by atoms with Crippen molar-refractivity contribution in [1.29, 1.82) is 0 Å². The van der Waals surface area contributed by atoms with E-state index in [2.05, 4.69) is 0 Å². The van der Waals surface area contributed by atoms with Gasteiger partial charge in [0.2, 0.25) is 0 Å². The first-order valence-electron chi connectivity index (χ1n) is 6.03. The SMILES string of the molecule is Cc1c(CS(=O)(=O)c2ccccc2F)cccc1[N+](=O)[O-]. The molecule has 0 aliphatic rings. The third-order valence-corrected chi connectivity index (χ3v) is 4.82. The zero-order chi connectivity index (χ0) is 15.6. The summed E-state index contributed by atoms with van der Waals surface area (Å²) in [7, 11) is -3.91. The predicted octanol–water partition coefficient (Wildman–Crippen LogP) is 3.02. The first-order chi connectivity index (χ1) is 9.83. The molecular weight excluding hydrogens is 297 g/mol. The van der Waals surface area contributed by atoms with Crippen LogP contribution < -0.4 is 0 Å². The van der Waals surface area contributed by atoms with Crippen LogP contribution in [-0.4, -0.2) is 13.3 Å². The number of rotatable bonds is 4. The van der Waals surface area contributed by atoms with Crippen LogP contribution in [0.1, 0.15) is 11.1 Å². The Morgan fingerprint density at radius 3 is 2.43 bits per heavy atom. The largest absolute Gasteiger partial charge is 0.272 e. The molecule has 0 N–H and O–H groups in total. The molecule has 0 amide bonds. The number of nitrogens with zero attached hydrogens (tertiary/aromatic N) is 1. The number of nitro groups is 1. The van der Waals surface area contributed by atoms with E-state index in [1.807, 2.05) is 0 Å². The summed E-state index contributed by atoms with van der Waals surface area (Å²) < 4.78 is 38.1. The lowest BCUT2D eigenvalue weighted by atomic mass is 10.1. The molecule has 0 saturated heterocycles. The van der Waals surface area contributed by atoms with Crippen LogP contribution in [0.25, 0.3) is 0 Å². The highest BCUT2D eigenvalue weighted by molar-refractivity contribution is 7.90. The highest BCUT2D eigenvalue weighted by Crippen LogP contribution is 2.25. The van der Waals surface area contributed by atoms with Crippen LogP contribution in [-0.2, 0) is 15.6 Å². The Labute approximate surface area is 121 Å². The van der Waals surface area contributed by atoms with Gasteiger partial charge in [-0.05, 0) is 24.6 Å². The number of hydrogen-bond donors (Lipinski definition) is 0. The van der Waals surface area contributed by atoms with Gasteiger partial charge in [-0.1, -0.05) is 24.3 Å². The van der Waals surface area contributed by atoms with Crippen LogP contribution >= 0.6 is 0 Å². The maximum atomic E-state index is 13.6. The second-order valence-electron chi connectivity index (χ2n) is 4.51. The maximum Gasteiger partial charge on any atom is 0.272 e. The fourth-order valence-electron chi connectivity index (χ4n) is 2.00. The number of halogens is 1. The molecule has 5 nitrogen and oxygen atoms in total. The summed E-state index contributed by atoms with van der Waals surface area (Å²) in [5, 5.41) is 10.9. The Morgan fingerprint density at radius 2 is 1.81 bits per heavy atom. The molecule has 0 fully saturated rings. The highest BCUT2D eigenvalue weighted by Gasteiger charge is 2.22. The molecule has 0 aliphatic heterocycles. The third kappa shape index (κ3) is 3.08. The smallest absolute Gasteiger partial charge is 0.258 e. The molecule has 0 heterocycles. The van der Waals surface area contributed by atoms with E-state index in [-0.39, 0.29) is 16.8 Å². The quantitative estimate of drug-likeness (QED) is 0.642. The summed E-state index contributed by atoms with van der Waals surface area (Å²) in [6, 6.07) is 9.26. The summed E-state index contributed by atoms with van der Waals surface area (Å²) >= 11 is 0. The molecule has 0 radical (unpaired) electrons. The maximum absolute atomic E-state index is 13.6. The van der Waals surface area contributed by atoms with Crippen molar-refractivity contribution in [3.05, 3.63) is 69.5 Å². The first kappa shape index (κ1) is 15.1. The molecule has 2 aromatic rings. The molecule has 2 rings (SSSR count). The van der Waals surface area contributed by atoms with E-state index in [9.17, 15) is 22.9 Å². The van der Waals surface area contributed by atoms with Crippen molar-refractivity contribution in [2.75, 3.05) is 0 Å². The minimum atomic E-state index is -3.91. The van der Waals surface area contributed by atoms with E-state index < -0.39 is 31.2 Å². The van der Waals surface area contributed by atoms with Gasteiger partial charge in [0.15, 0.2) is 9.84 Å². The van der Waals surface area contributed by atoms with Crippen molar-refractivity contribution in [2.45, 2.75) is 17.6 Å². The van der Waals surface area contributed by atoms with Gasteiger partial charge in [0.05, 0.1) is 10.7 Å². The second kappa shape index (κ2) is 5.61. The van der Waals surface area contributed by atoms with Crippen molar-refractivity contribution in [3.63, 3.8) is 0 Å². The molecular formula is C14H12FNO4S. The van der Waals surface area contributed by atoms with Gasteiger partial charge in [-0.25, -0.2) is 12.8 Å². The van der Waals surface area contributed by atoms with Crippen LogP contribution in [0.2, 0.25) is 0 Å². The average Bonchev–Trinajstić information content (AvgIpc) is 2.41. The zero-order valence-electron chi connectivity index (χ0n) is 11.1. The summed E-state index contributed by atoms with van der Waals surface area (Å²) in [5.41, 5.74) is 0.395. The van der Waals surface area contributed by atoms with Gasteiger partial charge < -0.3 is 0 Å². The van der Waals surface area contributed by atoms with Gasteiger partial charge in [0, 0.05) is 11.6 Å². The van der Waals surface area contributed by atoms with E-state index in [0.717, 1.165) is 6.07 Å². The second-order valence-corrected chi connectivity index (χ2v) is 6.47. The molecule has 0 unspecified atom stereocenters. The summed E-state index contributed by atoms with van der Waals surface area (Å²) in [6.07, 6.45) is 0. The topological polar surface area (TPSA) is 77.3 Å². The van der Waals surface area contributed by atoms with Gasteiger partial charge in [0.25, 0.3) is 5.69 Å². The molecule has 0 bridgehead atoms. The summed E-state index contributed by atoms with van der Waals surface area (Å²) in [4.78, 5) is 9.88. The van der Waals surface area contributed by atoms with Crippen LogP contribution in [0.15, 0.2) is 47.4 Å². The lowest BCUT2D eigenvalue weighted by molar-refractivity contribution is -0.385. The molecule has 0 aromatic heterocycles. The van der Waals surface area contributed by atoms with Crippen LogP contribution in [0.3, 0.4) is 0 Å². The molecule has 0 atom stereocenters. The van der Waals surface area contributed by atoms with Crippen molar-refractivity contribution < 1.29 is 17.7 Å². The molecule has 0 aliphatic carbocycles. The lowest BCUT2D eigenvalue weighted by Crippen LogP contribution is -2.09. The fourth-order valence-corrected chi connectivity index (χ4v) is 3.53. The minimum absolute atomic E-state index is 0.156. The van der Waals surface area contributed by atoms with Crippen LogP contribution in [0, 0.1) is 22.9 Å². The standard InChI is InChI=1S/C14H12FNO4S/c1-10-11(5-4-7-13(10)16(17)18)9-21(19,20)14-8-3-2-6-12(14)15/h2-8H,9H2,1H3. The Morgan fingerprint density at radius 1 is 1.14 bits per heavy atom. The van der Waals surface area contributed by atoms with E-state index in [1.165, 1.54) is 43.3 Å². The Kier molecular flexibility index (Phi) is 4.04. The predicted molar refractivity (Wildman–Crippen MR) is 75.1 cm³/mol. The van der Waals surface area contributed by atoms with Crippen molar-refractivity contribution in [3.8, 4) is 0 Å². The highest BCUT2D eigenvalue weighted by atomic mass is 32.2. The fraction of sp³-hybridized carbons (Fsp3) is 0.143. The zero-order valence-corrected chi connectivity index (χ0v) is 11.9. The molecule has 0 saturated carbocycles. The molecule has 21 heavy (non-hydrogen) atoms. The summed E-state index contributed by atoms with van der Waals surface area (Å²) in [5.74, 6) is -1.32. The summed E-state index contributed by atoms with van der Waals surface area (Å²) in [6.45, 7) is 1.48. The van der Waals surface area contributed by atoms with Crippen molar-refractivity contribution in [1.82, 2.24) is 0 Å². The van der Waals surface area contributed by atoms with Gasteiger partial charge in [-0.3, -0.25) is 10.1 Å². The lowest BCUT2D eigenvalue weighted by Gasteiger charge is -2.08. The number of hydrogen-bond acceptors (Lipinski definition) is 4. The van der Waals surface area contributed by atoms with Crippen molar-refractivity contribution >= 4 is 15.5 Å².